The summed E-state index contributed by atoms with van der Waals surface area (Å²) in [5.41, 5.74) is 1.10. The lowest BCUT2D eigenvalue weighted by molar-refractivity contribution is -0.137. The number of hydrogen-bond acceptors (Lipinski definition) is 4. The molecule has 2 rings (SSSR count). The lowest BCUT2D eigenvalue weighted by atomic mass is 10.3. The Labute approximate surface area is 90.4 Å². The largest absolute Gasteiger partial charge is 0.481 e. The fourth-order valence-electron chi connectivity index (χ4n) is 1.45. The summed E-state index contributed by atoms with van der Waals surface area (Å²) in [4.78, 5) is 12.5. The summed E-state index contributed by atoms with van der Waals surface area (Å²) in [6.45, 7) is 4.02. The third-order valence-electron chi connectivity index (χ3n) is 2.35. The van der Waals surface area contributed by atoms with E-state index in [-0.39, 0.29) is 6.42 Å². The molecule has 0 saturated heterocycles. The van der Waals surface area contributed by atoms with Crippen molar-refractivity contribution in [1.29, 1.82) is 0 Å². The Bertz CT molecular complexity index is 515. The van der Waals surface area contributed by atoms with Crippen LogP contribution < -0.4 is 0 Å². The van der Waals surface area contributed by atoms with E-state index < -0.39 is 5.97 Å². The highest BCUT2D eigenvalue weighted by atomic mass is 32.1. The van der Waals surface area contributed by atoms with E-state index in [0.29, 0.717) is 6.42 Å². The van der Waals surface area contributed by atoms with Crippen molar-refractivity contribution in [3.8, 4) is 0 Å². The second-order valence-corrected chi connectivity index (χ2v) is 4.55. The zero-order valence-electron chi connectivity index (χ0n) is 8.52. The zero-order chi connectivity index (χ0) is 11.0. The number of carboxylic acids is 1. The summed E-state index contributed by atoms with van der Waals surface area (Å²) in [6.07, 6.45) is 0.517. The molecule has 0 saturated carbocycles. The van der Waals surface area contributed by atoms with Crippen LogP contribution in [0.5, 0.6) is 0 Å². The van der Waals surface area contributed by atoms with Crippen molar-refractivity contribution in [1.82, 2.24) is 14.6 Å². The number of aryl methyl sites for hydroxylation is 3. The number of thiazole rings is 1. The fourth-order valence-corrected chi connectivity index (χ4v) is 2.38. The van der Waals surface area contributed by atoms with Gasteiger partial charge < -0.3 is 5.11 Å². The van der Waals surface area contributed by atoms with E-state index in [1.807, 2.05) is 18.2 Å². The minimum atomic E-state index is -0.809. The van der Waals surface area contributed by atoms with Crippen molar-refractivity contribution in [2.24, 2.45) is 0 Å². The lowest BCUT2D eigenvalue weighted by Gasteiger charge is -1.97. The Morgan fingerprint density at radius 2 is 2.20 bits per heavy atom. The Morgan fingerprint density at radius 3 is 2.87 bits per heavy atom. The number of carbonyl (C=O) groups is 1. The Hall–Kier alpha value is -1.43. The molecule has 0 aromatic carbocycles. The van der Waals surface area contributed by atoms with Crippen molar-refractivity contribution >= 4 is 22.3 Å². The summed E-state index contributed by atoms with van der Waals surface area (Å²) in [7, 11) is 0. The van der Waals surface area contributed by atoms with Gasteiger partial charge in [-0.05, 0) is 13.8 Å². The summed E-state index contributed by atoms with van der Waals surface area (Å²) < 4.78 is 1.93. The van der Waals surface area contributed by atoms with Crippen LogP contribution in [0.4, 0.5) is 0 Å². The number of fused-ring (bicyclic) bond motifs is 1. The smallest absolute Gasteiger partial charge is 0.303 e. The van der Waals surface area contributed by atoms with Gasteiger partial charge in [-0.15, -0.1) is 10.2 Å². The first-order chi connectivity index (χ1) is 7.09. The Morgan fingerprint density at radius 1 is 1.47 bits per heavy atom. The molecule has 6 heteroatoms. The van der Waals surface area contributed by atoms with Crippen LogP contribution in [0.15, 0.2) is 0 Å². The average molecular weight is 225 g/mol. The van der Waals surface area contributed by atoms with Gasteiger partial charge in [0.05, 0.1) is 6.42 Å². The van der Waals surface area contributed by atoms with Crippen LogP contribution in [0, 0.1) is 13.8 Å². The number of rotatable bonds is 3. The summed E-state index contributed by atoms with van der Waals surface area (Å²) in [6, 6.07) is 0. The summed E-state index contributed by atoms with van der Waals surface area (Å²) in [5.74, 6) is -0.0781. The lowest BCUT2D eigenvalue weighted by Crippen LogP contribution is -2.02. The van der Waals surface area contributed by atoms with E-state index in [0.717, 1.165) is 16.5 Å². The normalized spacial score (nSPS) is 11.1. The van der Waals surface area contributed by atoms with Crippen LogP contribution in [0.25, 0.3) is 4.96 Å². The number of aliphatic carboxylic acids is 1. The molecule has 0 atom stereocenters. The average Bonchev–Trinajstić information content (AvgIpc) is 2.67. The van der Waals surface area contributed by atoms with Gasteiger partial charge in [-0.3, -0.25) is 9.20 Å². The first-order valence-corrected chi connectivity index (χ1v) is 5.43. The SMILES string of the molecule is Cc1sc2nnc(CCC(=O)O)n2c1C. The van der Waals surface area contributed by atoms with Gasteiger partial charge in [0, 0.05) is 17.0 Å². The fraction of sp³-hybridized carbons (Fsp3) is 0.444. The summed E-state index contributed by atoms with van der Waals surface area (Å²) in [5, 5.41) is 16.6. The first-order valence-electron chi connectivity index (χ1n) is 4.61. The van der Waals surface area contributed by atoms with E-state index in [2.05, 4.69) is 10.2 Å². The second-order valence-electron chi connectivity index (χ2n) is 3.37. The third kappa shape index (κ3) is 1.72. The molecule has 0 fully saturated rings. The standard InChI is InChI=1S/C9H11N3O2S/c1-5-6(2)15-9-11-10-7(12(5)9)3-4-8(13)14/h3-4H2,1-2H3,(H,13,14). The monoisotopic (exact) mass is 225 g/mol. The maximum absolute atomic E-state index is 10.5. The number of hydrogen-bond donors (Lipinski definition) is 1. The van der Waals surface area contributed by atoms with Crippen LogP contribution in [0.1, 0.15) is 22.8 Å². The Balaban J connectivity index is 2.38. The molecule has 0 unspecified atom stereocenters. The quantitative estimate of drug-likeness (QED) is 0.858. The third-order valence-corrected chi connectivity index (χ3v) is 3.40. The van der Waals surface area contributed by atoms with E-state index in [4.69, 9.17) is 5.11 Å². The molecule has 2 aromatic rings. The van der Waals surface area contributed by atoms with Crippen LogP contribution in [0.3, 0.4) is 0 Å². The van der Waals surface area contributed by atoms with E-state index in [9.17, 15) is 4.79 Å². The molecule has 2 aromatic heterocycles. The van der Waals surface area contributed by atoms with Gasteiger partial charge in [-0.25, -0.2) is 0 Å². The molecule has 5 nitrogen and oxygen atoms in total. The predicted molar refractivity (Wildman–Crippen MR) is 56.3 cm³/mol. The second kappa shape index (κ2) is 3.62. The minimum Gasteiger partial charge on any atom is -0.481 e. The molecule has 0 bridgehead atoms. The molecular formula is C9H11N3O2S. The maximum Gasteiger partial charge on any atom is 0.303 e. The van der Waals surface area contributed by atoms with Gasteiger partial charge in [0.1, 0.15) is 5.82 Å². The topological polar surface area (TPSA) is 67.5 Å². The minimum absolute atomic E-state index is 0.0924. The van der Waals surface area contributed by atoms with Crippen molar-refractivity contribution in [2.45, 2.75) is 26.7 Å². The molecule has 80 valence electrons. The molecule has 2 heterocycles. The van der Waals surface area contributed by atoms with Crippen molar-refractivity contribution in [3.05, 3.63) is 16.4 Å². The van der Waals surface area contributed by atoms with Crippen LogP contribution in [-0.4, -0.2) is 25.7 Å². The molecule has 0 amide bonds. The van der Waals surface area contributed by atoms with Crippen LogP contribution >= 0.6 is 11.3 Å². The van der Waals surface area contributed by atoms with Gasteiger partial charge in [-0.1, -0.05) is 11.3 Å². The van der Waals surface area contributed by atoms with Crippen LogP contribution in [-0.2, 0) is 11.2 Å². The number of nitrogens with zero attached hydrogens (tertiary/aromatic N) is 3. The Kier molecular flexibility index (Phi) is 2.44. The van der Waals surface area contributed by atoms with Gasteiger partial charge in [0.15, 0.2) is 0 Å². The molecule has 0 aliphatic carbocycles. The van der Waals surface area contributed by atoms with Crippen molar-refractivity contribution in [2.75, 3.05) is 0 Å². The molecule has 0 radical (unpaired) electrons. The number of carboxylic acid groups (broad SMARTS) is 1. The van der Waals surface area contributed by atoms with E-state index in [1.165, 1.54) is 4.88 Å². The van der Waals surface area contributed by atoms with Crippen molar-refractivity contribution in [3.63, 3.8) is 0 Å². The van der Waals surface area contributed by atoms with E-state index >= 15 is 0 Å². The molecule has 15 heavy (non-hydrogen) atoms. The molecule has 0 aliphatic rings. The highest BCUT2D eigenvalue weighted by Gasteiger charge is 2.12. The molecule has 0 aliphatic heterocycles. The van der Waals surface area contributed by atoms with Gasteiger partial charge in [-0.2, -0.15) is 0 Å². The zero-order valence-corrected chi connectivity index (χ0v) is 9.34. The molecular weight excluding hydrogens is 214 g/mol. The predicted octanol–water partition coefficient (Wildman–Crippen LogP) is 1.42. The van der Waals surface area contributed by atoms with Gasteiger partial charge in [0.25, 0.3) is 0 Å². The maximum atomic E-state index is 10.5. The van der Waals surface area contributed by atoms with Gasteiger partial charge >= 0.3 is 5.97 Å². The molecule has 1 N–H and O–H groups in total. The highest BCUT2D eigenvalue weighted by molar-refractivity contribution is 7.17. The summed E-state index contributed by atoms with van der Waals surface area (Å²) >= 11 is 1.58. The first kappa shape index (κ1) is 10.1. The van der Waals surface area contributed by atoms with Crippen molar-refractivity contribution < 1.29 is 9.90 Å². The van der Waals surface area contributed by atoms with E-state index in [1.54, 1.807) is 11.3 Å². The highest BCUT2D eigenvalue weighted by Crippen LogP contribution is 2.21. The molecule has 0 spiro atoms. The van der Waals surface area contributed by atoms with Crippen LogP contribution in [0.2, 0.25) is 0 Å². The number of aromatic nitrogens is 3. The van der Waals surface area contributed by atoms with Gasteiger partial charge in [0.2, 0.25) is 4.96 Å².